The van der Waals surface area contributed by atoms with Gasteiger partial charge in [-0.05, 0) is 17.1 Å². The van der Waals surface area contributed by atoms with E-state index < -0.39 is 0 Å². The van der Waals surface area contributed by atoms with E-state index in [9.17, 15) is 4.79 Å². The largest absolute Gasteiger partial charge is 0.379 e. The third-order valence-corrected chi connectivity index (χ3v) is 3.88. The van der Waals surface area contributed by atoms with Crippen LogP contribution in [-0.2, 0) is 9.53 Å². The minimum atomic E-state index is -0.120. The Labute approximate surface area is 128 Å². The zero-order valence-corrected chi connectivity index (χ0v) is 13.8. The number of hydrogen-bond donors (Lipinski definition) is 0. The first-order valence-electron chi connectivity index (χ1n) is 7.79. The molecule has 21 heavy (non-hydrogen) atoms. The van der Waals surface area contributed by atoms with Crippen LogP contribution in [0.25, 0.3) is 0 Å². The van der Waals surface area contributed by atoms with E-state index in [2.05, 4.69) is 37.8 Å². The highest BCUT2D eigenvalue weighted by atomic mass is 16.5. The van der Waals surface area contributed by atoms with Gasteiger partial charge >= 0.3 is 0 Å². The van der Waals surface area contributed by atoms with Crippen LogP contribution in [0.1, 0.15) is 27.2 Å². The second-order valence-electron chi connectivity index (χ2n) is 7.26. The first-order chi connectivity index (χ1) is 9.85. The van der Waals surface area contributed by atoms with Crippen LogP contribution in [0.5, 0.6) is 0 Å². The predicted molar refractivity (Wildman–Crippen MR) is 85.1 cm³/mol. The zero-order chi connectivity index (χ0) is 15.5. The van der Waals surface area contributed by atoms with Gasteiger partial charge < -0.3 is 9.64 Å². The summed E-state index contributed by atoms with van der Waals surface area (Å²) in [5.74, 6) is 0.300. The summed E-state index contributed by atoms with van der Waals surface area (Å²) in [5, 5.41) is 0. The summed E-state index contributed by atoms with van der Waals surface area (Å²) in [4.78, 5) is 16.9. The average Bonchev–Trinajstić information content (AvgIpc) is 2.40. The summed E-state index contributed by atoms with van der Waals surface area (Å²) >= 11 is 0. The molecule has 1 fully saturated rings. The van der Waals surface area contributed by atoms with E-state index in [0.717, 1.165) is 32.8 Å². The minimum absolute atomic E-state index is 0.0390. The van der Waals surface area contributed by atoms with Gasteiger partial charge in [0.1, 0.15) is 6.04 Å². The third-order valence-electron chi connectivity index (χ3n) is 3.88. The van der Waals surface area contributed by atoms with Crippen LogP contribution in [0.2, 0.25) is 0 Å². The zero-order valence-electron chi connectivity index (χ0n) is 13.8. The molecule has 2 rings (SSSR count). The Kier molecular flexibility index (Phi) is 5.22. The molecule has 0 aliphatic carbocycles. The van der Waals surface area contributed by atoms with Crippen molar-refractivity contribution in [2.24, 2.45) is 5.41 Å². The molecule has 0 aromatic heterocycles. The number of carbonyl (C=O) groups is 1. The fourth-order valence-electron chi connectivity index (χ4n) is 2.75. The van der Waals surface area contributed by atoms with Gasteiger partial charge in [0.25, 0.3) is 0 Å². The van der Waals surface area contributed by atoms with Crippen molar-refractivity contribution in [2.75, 3.05) is 39.9 Å². The Morgan fingerprint density at radius 3 is 2.62 bits per heavy atom. The fourth-order valence-corrected chi connectivity index (χ4v) is 2.75. The summed E-state index contributed by atoms with van der Waals surface area (Å²) in [6.07, 6.45) is 6.89. The lowest BCUT2D eigenvalue weighted by atomic mass is 9.86. The van der Waals surface area contributed by atoms with Crippen molar-refractivity contribution in [3.63, 3.8) is 0 Å². The molecule has 4 heteroatoms. The van der Waals surface area contributed by atoms with Gasteiger partial charge in [0.2, 0.25) is 0 Å². The number of morpholine rings is 1. The molecular formula is C17H28N2O2. The lowest BCUT2D eigenvalue weighted by molar-refractivity contribution is -0.123. The molecule has 0 amide bonds. The maximum absolute atomic E-state index is 12.5. The van der Waals surface area contributed by atoms with Crippen LogP contribution in [0, 0.1) is 5.41 Å². The van der Waals surface area contributed by atoms with Gasteiger partial charge in [-0.2, -0.15) is 0 Å². The Balaban J connectivity index is 2.00. The first kappa shape index (κ1) is 16.2. The third kappa shape index (κ3) is 4.97. The standard InChI is InChI=1S/C17H28N2O2/c1-17(2,3)12-16(20)15-11-14(5-6-18(15)4)13-19-7-9-21-10-8-19/h5-6,11,15H,7-10,12-13H2,1-4H3. The van der Waals surface area contributed by atoms with Gasteiger partial charge in [-0.1, -0.05) is 26.8 Å². The van der Waals surface area contributed by atoms with E-state index in [1.54, 1.807) is 0 Å². The van der Waals surface area contributed by atoms with E-state index in [1.807, 2.05) is 18.1 Å². The summed E-state index contributed by atoms with van der Waals surface area (Å²) in [6, 6.07) is -0.120. The summed E-state index contributed by atoms with van der Waals surface area (Å²) in [6.45, 7) is 10.8. The molecule has 0 aromatic carbocycles. The number of ether oxygens (including phenoxy) is 1. The lowest BCUT2D eigenvalue weighted by Crippen LogP contribution is -2.40. The molecule has 2 aliphatic heterocycles. The van der Waals surface area contributed by atoms with Crippen LogP contribution in [0.3, 0.4) is 0 Å². The number of likely N-dealkylation sites (N-methyl/N-ethyl adjacent to an activating group) is 1. The molecule has 0 bridgehead atoms. The van der Waals surface area contributed by atoms with Crippen LogP contribution in [0.15, 0.2) is 23.9 Å². The van der Waals surface area contributed by atoms with E-state index in [-0.39, 0.29) is 11.5 Å². The maximum Gasteiger partial charge on any atom is 0.159 e. The molecule has 2 aliphatic rings. The highest BCUT2D eigenvalue weighted by molar-refractivity contribution is 5.87. The summed E-state index contributed by atoms with van der Waals surface area (Å²) < 4.78 is 5.38. The second-order valence-corrected chi connectivity index (χ2v) is 7.26. The molecule has 0 N–H and O–H groups in total. The van der Waals surface area contributed by atoms with Crippen molar-refractivity contribution in [2.45, 2.75) is 33.2 Å². The highest BCUT2D eigenvalue weighted by Crippen LogP contribution is 2.23. The van der Waals surface area contributed by atoms with E-state index in [1.165, 1.54) is 5.57 Å². The van der Waals surface area contributed by atoms with Crippen molar-refractivity contribution < 1.29 is 9.53 Å². The second kappa shape index (κ2) is 6.75. The van der Waals surface area contributed by atoms with Crippen molar-refractivity contribution in [1.29, 1.82) is 0 Å². The van der Waals surface area contributed by atoms with Crippen LogP contribution in [0.4, 0.5) is 0 Å². The number of carbonyl (C=O) groups excluding carboxylic acids is 1. The molecule has 0 spiro atoms. The molecular weight excluding hydrogens is 264 g/mol. The minimum Gasteiger partial charge on any atom is -0.379 e. The lowest BCUT2D eigenvalue weighted by Gasteiger charge is -2.32. The molecule has 118 valence electrons. The number of nitrogens with zero attached hydrogens (tertiary/aromatic N) is 2. The number of Topliss-reactive ketones (excluding diaryl/α,β-unsaturated/α-hetero) is 1. The quantitative estimate of drug-likeness (QED) is 0.794. The highest BCUT2D eigenvalue weighted by Gasteiger charge is 2.26. The summed E-state index contributed by atoms with van der Waals surface area (Å²) in [7, 11) is 1.98. The van der Waals surface area contributed by atoms with Gasteiger partial charge in [0, 0.05) is 39.3 Å². The van der Waals surface area contributed by atoms with Gasteiger partial charge in [-0.25, -0.2) is 0 Å². The number of rotatable bonds is 4. The molecule has 1 unspecified atom stereocenters. The Morgan fingerprint density at radius 2 is 2.00 bits per heavy atom. The van der Waals surface area contributed by atoms with Crippen molar-refractivity contribution in [1.82, 2.24) is 9.80 Å². The van der Waals surface area contributed by atoms with Crippen molar-refractivity contribution in [3.8, 4) is 0 Å². The normalized spacial score (nSPS) is 24.1. The fraction of sp³-hybridized carbons (Fsp3) is 0.706. The van der Waals surface area contributed by atoms with Crippen molar-refractivity contribution in [3.05, 3.63) is 23.9 Å². The van der Waals surface area contributed by atoms with Crippen LogP contribution >= 0.6 is 0 Å². The maximum atomic E-state index is 12.5. The monoisotopic (exact) mass is 292 g/mol. The number of ketones is 1. The van der Waals surface area contributed by atoms with E-state index in [4.69, 9.17) is 4.74 Å². The Hall–Kier alpha value is -1.13. The first-order valence-corrected chi connectivity index (χ1v) is 7.79. The predicted octanol–water partition coefficient (Wildman–Crippen LogP) is 2.08. The molecule has 2 heterocycles. The number of hydrogen-bond acceptors (Lipinski definition) is 4. The van der Waals surface area contributed by atoms with Gasteiger partial charge in [0.15, 0.2) is 5.78 Å². The Bertz CT molecular complexity index is 429. The van der Waals surface area contributed by atoms with E-state index >= 15 is 0 Å². The molecule has 0 aromatic rings. The molecule has 0 saturated carbocycles. The smallest absolute Gasteiger partial charge is 0.159 e. The van der Waals surface area contributed by atoms with Gasteiger partial charge in [-0.15, -0.1) is 0 Å². The van der Waals surface area contributed by atoms with Crippen LogP contribution < -0.4 is 0 Å². The van der Waals surface area contributed by atoms with Crippen LogP contribution in [-0.4, -0.2) is 61.5 Å². The van der Waals surface area contributed by atoms with Crippen molar-refractivity contribution >= 4 is 5.78 Å². The molecule has 1 saturated heterocycles. The Morgan fingerprint density at radius 1 is 1.33 bits per heavy atom. The SMILES string of the molecule is CN1C=CC(CN2CCOCC2)=CC1C(=O)CC(C)(C)C. The average molecular weight is 292 g/mol. The van der Waals surface area contributed by atoms with E-state index in [0.29, 0.717) is 12.2 Å². The molecule has 1 atom stereocenters. The molecule has 0 radical (unpaired) electrons. The topological polar surface area (TPSA) is 32.8 Å². The molecule has 4 nitrogen and oxygen atoms in total. The van der Waals surface area contributed by atoms with Gasteiger partial charge in [-0.3, -0.25) is 9.69 Å². The summed E-state index contributed by atoms with van der Waals surface area (Å²) in [5.41, 5.74) is 1.28. The van der Waals surface area contributed by atoms with Gasteiger partial charge in [0.05, 0.1) is 13.2 Å².